The van der Waals surface area contributed by atoms with Crippen LogP contribution < -0.4 is 5.46 Å². The van der Waals surface area contributed by atoms with E-state index in [0.29, 0.717) is 5.46 Å². The van der Waals surface area contributed by atoms with Gasteiger partial charge in [0.1, 0.15) is 5.75 Å². The first-order valence-electron chi connectivity index (χ1n) is 8.55. The van der Waals surface area contributed by atoms with Crippen molar-refractivity contribution in [3.8, 4) is 5.75 Å². The molecule has 0 atom stereocenters. The smallest absolute Gasteiger partial charge is 0.498 e. The largest absolute Gasteiger partial charge is 0.508 e. The zero-order valence-electron chi connectivity index (χ0n) is 16.0. The van der Waals surface area contributed by atoms with Gasteiger partial charge in [-0.3, -0.25) is 0 Å². The van der Waals surface area contributed by atoms with E-state index in [1.807, 2.05) is 27.7 Å². The lowest BCUT2D eigenvalue weighted by atomic mass is 9.77. The van der Waals surface area contributed by atoms with Gasteiger partial charge in [0.05, 0.1) is 16.7 Å². The SMILES string of the molecule is [2H]c1c([2H])c([2H])c2c(O)c(B3OC(C)(C)C(C)(C)O3)ccc2c1[2H]. The molecule has 1 saturated heterocycles. The van der Waals surface area contributed by atoms with E-state index in [1.165, 1.54) is 0 Å². The van der Waals surface area contributed by atoms with Gasteiger partial charge in [0.15, 0.2) is 0 Å². The molecule has 0 radical (unpaired) electrons. The Morgan fingerprint density at radius 3 is 2.30 bits per heavy atom. The number of hydrogen-bond acceptors (Lipinski definition) is 3. The summed E-state index contributed by atoms with van der Waals surface area (Å²) in [6.07, 6.45) is 0. The van der Waals surface area contributed by atoms with Crippen molar-refractivity contribution in [1.82, 2.24) is 0 Å². The van der Waals surface area contributed by atoms with Crippen LogP contribution in [0.4, 0.5) is 0 Å². The molecule has 20 heavy (non-hydrogen) atoms. The topological polar surface area (TPSA) is 38.7 Å². The maximum absolute atomic E-state index is 10.7. The number of hydrogen-bond donors (Lipinski definition) is 1. The summed E-state index contributed by atoms with van der Waals surface area (Å²) < 4.78 is 43.4. The van der Waals surface area contributed by atoms with E-state index in [9.17, 15) is 5.11 Å². The molecule has 1 heterocycles. The molecule has 3 nitrogen and oxygen atoms in total. The molecule has 0 aromatic heterocycles. The lowest BCUT2D eigenvalue weighted by molar-refractivity contribution is 0.00578. The van der Waals surface area contributed by atoms with Gasteiger partial charge in [-0.05, 0) is 33.1 Å². The molecule has 2 aromatic rings. The summed E-state index contributed by atoms with van der Waals surface area (Å²) >= 11 is 0. The van der Waals surface area contributed by atoms with E-state index in [2.05, 4.69) is 0 Å². The predicted molar refractivity (Wildman–Crippen MR) is 81.3 cm³/mol. The van der Waals surface area contributed by atoms with Crippen molar-refractivity contribution in [1.29, 1.82) is 0 Å². The Kier molecular flexibility index (Phi) is 2.00. The van der Waals surface area contributed by atoms with Crippen molar-refractivity contribution in [2.24, 2.45) is 0 Å². The van der Waals surface area contributed by atoms with E-state index < -0.39 is 18.3 Å². The molecule has 0 spiro atoms. The van der Waals surface area contributed by atoms with Crippen LogP contribution in [0.2, 0.25) is 0 Å². The Hall–Kier alpha value is -1.52. The molecule has 3 rings (SSSR count). The summed E-state index contributed by atoms with van der Waals surface area (Å²) in [5.74, 6) is -0.238. The molecule has 0 unspecified atom stereocenters. The summed E-state index contributed by atoms with van der Waals surface area (Å²) in [5.41, 5.74) is -0.796. The summed E-state index contributed by atoms with van der Waals surface area (Å²) in [6, 6.07) is 1.99. The molecule has 0 bridgehead atoms. The quantitative estimate of drug-likeness (QED) is 0.813. The third-order valence-electron chi connectivity index (χ3n) is 4.16. The second-order valence-corrected chi connectivity index (χ2v) is 6.01. The highest BCUT2D eigenvalue weighted by Gasteiger charge is 2.52. The fourth-order valence-corrected chi connectivity index (χ4v) is 2.19. The molecule has 104 valence electrons. The van der Waals surface area contributed by atoms with E-state index >= 15 is 0 Å². The second-order valence-electron chi connectivity index (χ2n) is 6.01. The van der Waals surface area contributed by atoms with Crippen molar-refractivity contribution in [2.75, 3.05) is 0 Å². The van der Waals surface area contributed by atoms with Gasteiger partial charge in [-0.15, -0.1) is 0 Å². The molecule has 1 aliphatic heterocycles. The van der Waals surface area contributed by atoms with Gasteiger partial charge in [0, 0.05) is 10.8 Å². The summed E-state index contributed by atoms with van der Waals surface area (Å²) in [4.78, 5) is 0. The van der Waals surface area contributed by atoms with Crippen LogP contribution in [0.3, 0.4) is 0 Å². The molecule has 1 fully saturated rings. The Morgan fingerprint density at radius 1 is 1.05 bits per heavy atom. The number of aromatic hydroxyl groups is 1. The minimum atomic E-state index is -0.808. The predicted octanol–water partition coefficient (Wildman–Crippen LogP) is 2.84. The first kappa shape index (κ1) is 9.43. The lowest BCUT2D eigenvalue weighted by Gasteiger charge is -2.32. The van der Waals surface area contributed by atoms with Crippen LogP contribution in [0, 0.1) is 0 Å². The molecule has 0 saturated carbocycles. The maximum Gasteiger partial charge on any atom is 0.498 e. The van der Waals surface area contributed by atoms with E-state index in [4.69, 9.17) is 14.8 Å². The number of benzene rings is 2. The maximum atomic E-state index is 10.7. The van der Waals surface area contributed by atoms with Gasteiger partial charge in [-0.1, -0.05) is 36.3 Å². The van der Waals surface area contributed by atoms with Crippen LogP contribution in [0.5, 0.6) is 5.75 Å². The Bertz CT molecular complexity index is 835. The average Bonchev–Trinajstić information content (AvgIpc) is 2.70. The van der Waals surface area contributed by atoms with Gasteiger partial charge in [0.25, 0.3) is 0 Å². The third kappa shape index (κ3) is 1.91. The minimum Gasteiger partial charge on any atom is -0.508 e. The van der Waals surface area contributed by atoms with Gasteiger partial charge < -0.3 is 14.4 Å². The van der Waals surface area contributed by atoms with Crippen LogP contribution in [0.1, 0.15) is 33.2 Å². The molecule has 0 amide bonds. The molecule has 4 heteroatoms. The van der Waals surface area contributed by atoms with Gasteiger partial charge in [0.2, 0.25) is 0 Å². The highest BCUT2D eigenvalue weighted by atomic mass is 16.7. The number of fused-ring (bicyclic) bond motifs is 1. The van der Waals surface area contributed by atoms with Crippen LogP contribution in [-0.2, 0) is 9.31 Å². The fourth-order valence-electron chi connectivity index (χ4n) is 2.19. The lowest BCUT2D eigenvalue weighted by Crippen LogP contribution is -2.41. The number of rotatable bonds is 1. The van der Waals surface area contributed by atoms with E-state index in [1.54, 1.807) is 12.1 Å². The molecule has 1 N–H and O–H groups in total. The summed E-state index contributed by atoms with van der Waals surface area (Å²) in [5, 5.41) is 11.0. The molecule has 1 aliphatic rings. The van der Waals surface area contributed by atoms with Crippen molar-refractivity contribution in [3.63, 3.8) is 0 Å². The summed E-state index contributed by atoms with van der Waals surface area (Å²) in [6.45, 7) is 7.60. The van der Waals surface area contributed by atoms with Crippen molar-refractivity contribution >= 4 is 23.4 Å². The van der Waals surface area contributed by atoms with Crippen LogP contribution in [-0.4, -0.2) is 23.4 Å². The van der Waals surface area contributed by atoms with Gasteiger partial charge in [-0.2, -0.15) is 0 Å². The van der Waals surface area contributed by atoms with Crippen LogP contribution in [0.15, 0.2) is 36.3 Å². The van der Waals surface area contributed by atoms with Crippen molar-refractivity contribution in [2.45, 2.75) is 38.9 Å². The average molecular weight is 274 g/mol. The number of phenols is 1. The normalized spacial score (nSPS) is 23.3. The Labute approximate surface area is 125 Å². The zero-order valence-corrected chi connectivity index (χ0v) is 12.0. The standard InChI is InChI=1S/C16H19BO3/c1-15(2)16(3,4)20-17(19-15)13-10-9-11-7-5-6-8-12(11)14(13)18/h5-10,18H,1-4H3/i5D,6D,7D,8D. The first-order chi connectivity index (χ1) is 11.0. The molecule has 2 aromatic carbocycles. The van der Waals surface area contributed by atoms with Gasteiger partial charge in [-0.25, -0.2) is 0 Å². The van der Waals surface area contributed by atoms with E-state index in [-0.39, 0.29) is 40.7 Å². The Balaban J connectivity index is 2.21. The highest BCUT2D eigenvalue weighted by Crippen LogP contribution is 2.37. The monoisotopic (exact) mass is 274 g/mol. The molecule has 0 aliphatic carbocycles. The van der Waals surface area contributed by atoms with Crippen LogP contribution in [0.25, 0.3) is 10.8 Å². The fraction of sp³-hybridized carbons (Fsp3) is 0.375. The second kappa shape index (κ2) is 4.24. The molecular weight excluding hydrogens is 251 g/mol. The minimum absolute atomic E-state index is 0.0770. The van der Waals surface area contributed by atoms with Crippen molar-refractivity contribution in [3.05, 3.63) is 36.3 Å². The van der Waals surface area contributed by atoms with Gasteiger partial charge >= 0.3 is 7.12 Å². The summed E-state index contributed by atoms with van der Waals surface area (Å²) in [7, 11) is -0.808. The zero-order chi connectivity index (χ0) is 18.0. The molecular formula is C16H19BO3. The highest BCUT2D eigenvalue weighted by molar-refractivity contribution is 6.63. The third-order valence-corrected chi connectivity index (χ3v) is 4.16. The Morgan fingerprint density at radius 2 is 1.65 bits per heavy atom. The van der Waals surface area contributed by atoms with E-state index in [0.717, 1.165) is 0 Å². The van der Waals surface area contributed by atoms with Crippen molar-refractivity contribution < 1.29 is 19.9 Å². The van der Waals surface area contributed by atoms with Crippen LogP contribution >= 0.6 is 0 Å². The first-order valence-corrected chi connectivity index (χ1v) is 6.55. The number of phenolic OH excluding ortho intramolecular Hbond substituents is 1.